The minimum absolute atomic E-state index is 0. The zero-order chi connectivity index (χ0) is 13.8. The molecule has 1 aromatic carbocycles. The van der Waals surface area contributed by atoms with Crippen LogP contribution in [0, 0.1) is 13.8 Å². The molecule has 0 atom stereocenters. The summed E-state index contributed by atoms with van der Waals surface area (Å²) in [5.74, 6) is 0.513. The van der Waals surface area contributed by atoms with Gasteiger partial charge in [0, 0.05) is 18.0 Å². The molecule has 0 fully saturated rings. The van der Waals surface area contributed by atoms with E-state index in [2.05, 4.69) is 10.3 Å². The molecule has 1 aromatic heterocycles. The van der Waals surface area contributed by atoms with Crippen molar-refractivity contribution < 1.29 is 9.53 Å². The first-order valence-electron chi connectivity index (χ1n) is 5.98. The minimum Gasteiger partial charge on any atom is -0.494 e. The van der Waals surface area contributed by atoms with Crippen LogP contribution in [0.4, 0.5) is 5.69 Å². The third-order valence-electron chi connectivity index (χ3n) is 2.81. The number of anilines is 1. The van der Waals surface area contributed by atoms with Crippen LogP contribution in [0.25, 0.3) is 0 Å². The summed E-state index contributed by atoms with van der Waals surface area (Å²) in [5, 5.41) is 2.87. The maximum Gasteiger partial charge on any atom is 0.255 e. The SMILES string of the molecule is COc1c(C)cc(C)cc1NC(=O)c1ccncc1.Cl. The highest BCUT2D eigenvalue weighted by atomic mass is 35.5. The molecular weight excluding hydrogens is 276 g/mol. The molecule has 0 unspecified atom stereocenters. The molecule has 1 N–H and O–H groups in total. The zero-order valence-electron chi connectivity index (χ0n) is 11.6. The largest absolute Gasteiger partial charge is 0.494 e. The number of rotatable bonds is 3. The highest BCUT2D eigenvalue weighted by molar-refractivity contribution is 6.05. The number of aryl methyl sites for hydroxylation is 2. The molecular formula is C15H17ClN2O2. The van der Waals surface area contributed by atoms with Crippen LogP contribution >= 0.6 is 12.4 Å². The van der Waals surface area contributed by atoms with Crippen LogP contribution in [-0.4, -0.2) is 18.0 Å². The predicted molar refractivity (Wildman–Crippen MR) is 81.9 cm³/mol. The number of halogens is 1. The third kappa shape index (κ3) is 3.48. The van der Waals surface area contributed by atoms with Gasteiger partial charge in [0.15, 0.2) is 0 Å². The Hall–Kier alpha value is -2.07. The topological polar surface area (TPSA) is 51.2 Å². The Bertz CT molecular complexity index is 600. The Morgan fingerprint density at radius 1 is 1.20 bits per heavy atom. The van der Waals surface area contributed by atoms with E-state index in [1.807, 2.05) is 26.0 Å². The average Bonchev–Trinajstić information content (AvgIpc) is 2.39. The number of methoxy groups -OCH3 is 1. The summed E-state index contributed by atoms with van der Waals surface area (Å²) >= 11 is 0. The van der Waals surface area contributed by atoms with Gasteiger partial charge >= 0.3 is 0 Å². The normalized spacial score (nSPS) is 9.55. The summed E-state index contributed by atoms with van der Waals surface area (Å²) in [5.41, 5.74) is 3.31. The van der Waals surface area contributed by atoms with E-state index in [-0.39, 0.29) is 18.3 Å². The summed E-state index contributed by atoms with van der Waals surface area (Å²) in [7, 11) is 1.60. The standard InChI is InChI=1S/C15H16N2O2.ClH/c1-10-8-11(2)14(19-3)13(9-10)17-15(18)12-4-6-16-7-5-12;/h4-9H,1-3H3,(H,17,18);1H. The number of ether oxygens (including phenoxy) is 1. The number of hydrogen-bond donors (Lipinski definition) is 1. The number of nitrogens with zero attached hydrogens (tertiary/aromatic N) is 1. The zero-order valence-corrected chi connectivity index (χ0v) is 12.5. The second-order valence-electron chi connectivity index (χ2n) is 4.35. The first-order chi connectivity index (χ1) is 9.11. The molecule has 5 heteroatoms. The van der Waals surface area contributed by atoms with Crippen LogP contribution in [0.5, 0.6) is 5.75 Å². The van der Waals surface area contributed by atoms with E-state index in [1.165, 1.54) is 0 Å². The van der Waals surface area contributed by atoms with Crippen molar-refractivity contribution in [3.05, 3.63) is 53.3 Å². The Kier molecular flexibility index (Phi) is 5.53. The van der Waals surface area contributed by atoms with Gasteiger partial charge in [-0.25, -0.2) is 0 Å². The van der Waals surface area contributed by atoms with Crippen molar-refractivity contribution in [2.24, 2.45) is 0 Å². The number of amides is 1. The summed E-state index contributed by atoms with van der Waals surface area (Å²) in [6, 6.07) is 7.25. The van der Waals surface area contributed by atoms with Crippen LogP contribution in [0.15, 0.2) is 36.7 Å². The Balaban J connectivity index is 0.00000200. The number of hydrogen-bond acceptors (Lipinski definition) is 3. The van der Waals surface area contributed by atoms with Gasteiger partial charge in [-0.1, -0.05) is 6.07 Å². The van der Waals surface area contributed by atoms with Gasteiger partial charge in [-0.3, -0.25) is 9.78 Å². The molecule has 0 bridgehead atoms. The Labute approximate surface area is 124 Å². The van der Waals surface area contributed by atoms with Gasteiger partial charge in [0.1, 0.15) is 5.75 Å². The molecule has 20 heavy (non-hydrogen) atoms. The lowest BCUT2D eigenvalue weighted by Gasteiger charge is -2.13. The lowest BCUT2D eigenvalue weighted by atomic mass is 10.1. The van der Waals surface area contributed by atoms with Crippen molar-refractivity contribution in [3.63, 3.8) is 0 Å². The van der Waals surface area contributed by atoms with Gasteiger partial charge in [0.25, 0.3) is 5.91 Å². The molecule has 0 spiro atoms. The third-order valence-corrected chi connectivity index (χ3v) is 2.81. The molecule has 106 valence electrons. The highest BCUT2D eigenvalue weighted by Crippen LogP contribution is 2.30. The van der Waals surface area contributed by atoms with Crippen LogP contribution in [0.2, 0.25) is 0 Å². The van der Waals surface area contributed by atoms with Crippen molar-refractivity contribution in [3.8, 4) is 5.75 Å². The van der Waals surface area contributed by atoms with E-state index >= 15 is 0 Å². The van der Waals surface area contributed by atoms with Crippen LogP contribution in [0.3, 0.4) is 0 Å². The summed E-state index contributed by atoms with van der Waals surface area (Å²) in [6.45, 7) is 3.93. The van der Waals surface area contributed by atoms with Crippen molar-refractivity contribution in [2.75, 3.05) is 12.4 Å². The number of aromatic nitrogens is 1. The maximum atomic E-state index is 12.1. The van der Waals surface area contributed by atoms with Gasteiger partial charge in [0.2, 0.25) is 0 Å². The quantitative estimate of drug-likeness (QED) is 0.943. The Morgan fingerprint density at radius 2 is 1.85 bits per heavy atom. The minimum atomic E-state index is -0.175. The van der Waals surface area contributed by atoms with Gasteiger partial charge in [0.05, 0.1) is 12.8 Å². The lowest BCUT2D eigenvalue weighted by molar-refractivity contribution is 0.102. The van der Waals surface area contributed by atoms with E-state index < -0.39 is 0 Å². The van der Waals surface area contributed by atoms with E-state index in [4.69, 9.17) is 4.74 Å². The van der Waals surface area contributed by atoms with E-state index in [1.54, 1.807) is 31.6 Å². The van der Waals surface area contributed by atoms with Gasteiger partial charge < -0.3 is 10.1 Å². The highest BCUT2D eigenvalue weighted by Gasteiger charge is 2.12. The average molecular weight is 293 g/mol. The molecule has 0 aliphatic heterocycles. The fourth-order valence-corrected chi connectivity index (χ4v) is 2.02. The first kappa shape index (κ1) is 16.0. The first-order valence-corrected chi connectivity index (χ1v) is 5.98. The molecule has 4 nitrogen and oxygen atoms in total. The second kappa shape index (κ2) is 6.91. The van der Waals surface area contributed by atoms with Gasteiger partial charge in [-0.15, -0.1) is 12.4 Å². The smallest absolute Gasteiger partial charge is 0.255 e. The number of nitrogens with one attached hydrogen (secondary N) is 1. The second-order valence-corrected chi connectivity index (χ2v) is 4.35. The van der Waals surface area contributed by atoms with Crippen molar-refractivity contribution in [2.45, 2.75) is 13.8 Å². The number of carbonyl (C=O) groups excluding carboxylic acids is 1. The number of pyridine rings is 1. The van der Waals surface area contributed by atoms with Gasteiger partial charge in [-0.05, 0) is 43.2 Å². The fraction of sp³-hybridized carbons (Fsp3) is 0.200. The number of carbonyl (C=O) groups is 1. The molecule has 0 aliphatic rings. The fourth-order valence-electron chi connectivity index (χ4n) is 2.02. The van der Waals surface area contributed by atoms with E-state index in [0.29, 0.717) is 17.0 Å². The monoisotopic (exact) mass is 292 g/mol. The summed E-state index contributed by atoms with van der Waals surface area (Å²) in [6.07, 6.45) is 3.18. The lowest BCUT2D eigenvalue weighted by Crippen LogP contribution is -2.13. The molecule has 1 amide bonds. The summed E-state index contributed by atoms with van der Waals surface area (Å²) in [4.78, 5) is 16.0. The van der Waals surface area contributed by atoms with E-state index in [0.717, 1.165) is 11.1 Å². The molecule has 2 rings (SSSR count). The number of benzene rings is 1. The van der Waals surface area contributed by atoms with Crippen LogP contribution in [0.1, 0.15) is 21.5 Å². The maximum absolute atomic E-state index is 12.1. The van der Waals surface area contributed by atoms with Crippen LogP contribution < -0.4 is 10.1 Å². The van der Waals surface area contributed by atoms with Gasteiger partial charge in [-0.2, -0.15) is 0 Å². The molecule has 0 radical (unpaired) electrons. The Morgan fingerprint density at radius 3 is 2.45 bits per heavy atom. The van der Waals surface area contributed by atoms with Crippen molar-refractivity contribution in [1.29, 1.82) is 0 Å². The molecule has 2 aromatic rings. The van der Waals surface area contributed by atoms with Crippen molar-refractivity contribution in [1.82, 2.24) is 4.98 Å². The molecule has 0 aliphatic carbocycles. The predicted octanol–water partition coefficient (Wildman–Crippen LogP) is 3.38. The molecule has 0 saturated carbocycles. The van der Waals surface area contributed by atoms with Crippen LogP contribution in [-0.2, 0) is 0 Å². The van der Waals surface area contributed by atoms with Crippen molar-refractivity contribution >= 4 is 24.0 Å². The summed E-state index contributed by atoms with van der Waals surface area (Å²) < 4.78 is 5.34. The molecule has 1 heterocycles. The van der Waals surface area contributed by atoms with E-state index in [9.17, 15) is 4.79 Å². The molecule has 0 saturated heterocycles.